The van der Waals surface area contributed by atoms with Gasteiger partial charge in [0.15, 0.2) is 0 Å². The molecule has 3 rings (SSSR count). The topological polar surface area (TPSA) is 62.1 Å². The molecule has 0 radical (unpaired) electrons. The first-order valence-electron chi connectivity index (χ1n) is 9.53. The number of carbonyl (C=O) groups is 1. The number of benzene rings is 3. The lowest BCUT2D eigenvalue weighted by molar-refractivity contribution is -0.112. The summed E-state index contributed by atoms with van der Waals surface area (Å²) in [5, 5.41) is 13.3. The molecule has 3 aromatic carbocycles. The summed E-state index contributed by atoms with van der Waals surface area (Å²) in [7, 11) is 0. The molecule has 0 saturated heterocycles. The summed E-state index contributed by atoms with van der Waals surface area (Å²) in [5.41, 5.74) is 3.87. The van der Waals surface area contributed by atoms with Gasteiger partial charge < -0.3 is 10.1 Å². The van der Waals surface area contributed by atoms with E-state index in [0.29, 0.717) is 33.7 Å². The SMILES string of the molecule is Cc1cccc(COc2ccc(Cl)cc2/C=C(\C#N)C(=O)Nc2cccc(Cl)c2C)c1. The average Bonchev–Trinajstić information content (AvgIpc) is 2.74. The van der Waals surface area contributed by atoms with Gasteiger partial charge >= 0.3 is 0 Å². The first kappa shape index (κ1) is 22.4. The molecular formula is C25H20Cl2N2O2. The number of ether oxygens (including phenoxy) is 1. The molecule has 156 valence electrons. The Morgan fingerprint density at radius 1 is 1.10 bits per heavy atom. The van der Waals surface area contributed by atoms with E-state index >= 15 is 0 Å². The van der Waals surface area contributed by atoms with E-state index in [9.17, 15) is 10.1 Å². The Morgan fingerprint density at radius 3 is 2.61 bits per heavy atom. The molecule has 0 heterocycles. The van der Waals surface area contributed by atoms with Crippen molar-refractivity contribution < 1.29 is 9.53 Å². The quantitative estimate of drug-likeness (QED) is 0.334. The van der Waals surface area contributed by atoms with E-state index in [1.165, 1.54) is 6.08 Å². The summed E-state index contributed by atoms with van der Waals surface area (Å²) in [4.78, 5) is 12.7. The van der Waals surface area contributed by atoms with Gasteiger partial charge in [-0.25, -0.2) is 0 Å². The molecule has 0 aliphatic rings. The van der Waals surface area contributed by atoms with Crippen LogP contribution in [0, 0.1) is 25.2 Å². The highest BCUT2D eigenvalue weighted by atomic mass is 35.5. The van der Waals surface area contributed by atoms with Crippen molar-refractivity contribution in [3.05, 3.63) is 98.5 Å². The number of aryl methyl sites for hydroxylation is 1. The molecule has 0 atom stereocenters. The Morgan fingerprint density at radius 2 is 1.87 bits per heavy atom. The second-order valence-electron chi connectivity index (χ2n) is 7.00. The fraction of sp³-hybridized carbons (Fsp3) is 0.120. The Bertz CT molecular complexity index is 1200. The smallest absolute Gasteiger partial charge is 0.266 e. The van der Waals surface area contributed by atoms with Crippen molar-refractivity contribution >= 4 is 40.9 Å². The molecule has 31 heavy (non-hydrogen) atoms. The van der Waals surface area contributed by atoms with Crippen LogP contribution in [-0.4, -0.2) is 5.91 Å². The van der Waals surface area contributed by atoms with Gasteiger partial charge in [-0.3, -0.25) is 4.79 Å². The Hall–Kier alpha value is -3.26. The first-order valence-corrected chi connectivity index (χ1v) is 10.3. The van der Waals surface area contributed by atoms with Gasteiger partial charge in [-0.2, -0.15) is 5.26 Å². The molecule has 0 spiro atoms. The van der Waals surface area contributed by atoms with E-state index < -0.39 is 5.91 Å². The summed E-state index contributed by atoms with van der Waals surface area (Å²) in [6.45, 7) is 4.15. The number of hydrogen-bond donors (Lipinski definition) is 1. The normalized spacial score (nSPS) is 11.0. The molecule has 0 aromatic heterocycles. The fourth-order valence-electron chi connectivity index (χ4n) is 2.96. The molecule has 6 heteroatoms. The van der Waals surface area contributed by atoms with Crippen molar-refractivity contribution in [2.45, 2.75) is 20.5 Å². The van der Waals surface area contributed by atoms with Gasteiger partial charge in [0.25, 0.3) is 5.91 Å². The summed E-state index contributed by atoms with van der Waals surface area (Å²) in [5.74, 6) is -0.0251. The van der Waals surface area contributed by atoms with E-state index in [-0.39, 0.29) is 5.57 Å². The molecule has 1 amide bonds. The maximum Gasteiger partial charge on any atom is 0.266 e. The second-order valence-corrected chi connectivity index (χ2v) is 7.84. The summed E-state index contributed by atoms with van der Waals surface area (Å²) >= 11 is 12.3. The van der Waals surface area contributed by atoms with Crippen LogP contribution in [0.2, 0.25) is 10.0 Å². The number of carbonyl (C=O) groups excluding carboxylic acids is 1. The second kappa shape index (κ2) is 10.2. The van der Waals surface area contributed by atoms with Crippen LogP contribution in [0.15, 0.2) is 66.2 Å². The minimum Gasteiger partial charge on any atom is -0.488 e. The molecular weight excluding hydrogens is 431 g/mol. The third kappa shape index (κ3) is 5.88. The third-order valence-electron chi connectivity index (χ3n) is 4.63. The predicted octanol–water partition coefficient (Wildman–Crippen LogP) is 6.73. The molecule has 0 aliphatic heterocycles. The summed E-state index contributed by atoms with van der Waals surface area (Å²) < 4.78 is 5.95. The van der Waals surface area contributed by atoms with Crippen LogP contribution >= 0.6 is 23.2 Å². The molecule has 0 unspecified atom stereocenters. The Kier molecular flexibility index (Phi) is 7.36. The lowest BCUT2D eigenvalue weighted by atomic mass is 10.1. The number of nitrogens with one attached hydrogen (secondary N) is 1. The minimum absolute atomic E-state index is 0.0814. The van der Waals surface area contributed by atoms with E-state index in [1.54, 1.807) is 43.3 Å². The molecule has 0 fully saturated rings. The zero-order valence-corrected chi connectivity index (χ0v) is 18.6. The van der Waals surface area contributed by atoms with E-state index in [4.69, 9.17) is 27.9 Å². The molecule has 0 aliphatic carbocycles. The van der Waals surface area contributed by atoms with Crippen molar-refractivity contribution in [3.63, 3.8) is 0 Å². The maximum atomic E-state index is 12.7. The van der Waals surface area contributed by atoms with Crippen LogP contribution in [0.25, 0.3) is 6.08 Å². The van der Waals surface area contributed by atoms with Gasteiger partial charge in [-0.1, -0.05) is 59.1 Å². The van der Waals surface area contributed by atoms with Crippen molar-refractivity contribution in [2.24, 2.45) is 0 Å². The first-order chi connectivity index (χ1) is 14.9. The van der Waals surface area contributed by atoms with Crippen LogP contribution in [0.4, 0.5) is 5.69 Å². The Labute approximate surface area is 191 Å². The minimum atomic E-state index is -0.544. The number of amides is 1. The number of anilines is 1. The van der Waals surface area contributed by atoms with Crippen LogP contribution in [0.1, 0.15) is 22.3 Å². The molecule has 4 nitrogen and oxygen atoms in total. The fourth-order valence-corrected chi connectivity index (χ4v) is 3.32. The monoisotopic (exact) mass is 450 g/mol. The average molecular weight is 451 g/mol. The van der Waals surface area contributed by atoms with Gasteiger partial charge in [-0.05, 0) is 61.4 Å². The summed E-state index contributed by atoms with van der Waals surface area (Å²) in [6.07, 6.45) is 1.46. The van der Waals surface area contributed by atoms with Crippen LogP contribution in [0.5, 0.6) is 5.75 Å². The highest BCUT2D eigenvalue weighted by Gasteiger charge is 2.14. The lowest BCUT2D eigenvalue weighted by Gasteiger charge is -2.12. The van der Waals surface area contributed by atoms with E-state index in [0.717, 1.165) is 16.7 Å². The van der Waals surface area contributed by atoms with E-state index in [1.807, 2.05) is 37.3 Å². The van der Waals surface area contributed by atoms with Gasteiger partial charge in [0, 0.05) is 21.3 Å². The maximum absolute atomic E-state index is 12.7. The molecule has 1 N–H and O–H groups in total. The zero-order valence-electron chi connectivity index (χ0n) is 17.1. The zero-order chi connectivity index (χ0) is 22.4. The Balaban J connectivity index is 1.85. The number of nitriles is 1. The van der Waals surface area contributed by atoms with Crippen LogP contribution in [-0.2, 0) is 11.4 Å². The van der Waals surface area contributed by atoms with Gasteiger partial charge in [-0.15, -0.1) is 0 Å². The van der Waals surface area contributed by atoms with E-state index in [2.05, 4.69) is 5.32 Å². The highest BCUT2D eigenvalue weighted by Crippen LogP contribution is 2.27. The summed E-state index contributed by atoms with van der Waals surface area (Å²) in [6, 6.07) is 20.2. The number of halogens is 2. The van der Waals surface area contributed by atoms with Gasteiger partial charge in [0.1, 0.15) is 24.0 Å². The van der Waals surface area contributed by atoms with Crippen LogP contribution < -0.4 is 10.1 Å². The molecule has 3 aromatic rings. The van der Waals surface area contributed by atoms with Gasteiger partial charge in [0.05, 0.1) is 0 Å². The van der Waals surface area contributed by atoms with Crippen molar-refractivity contribution in [1.29, 1.82) is 5.26 Å². The molecule has 0 bridgehead atoms. The van der Waals surface area contributed by atoms with Crippen LogP contribution in [0.3, 0.4) is 0 Å². The predicted molar refractivity (Wildman–Crippen MR) is 125 cm³/mol. The third-order valence-corrected chi connectivity index (χ3v) is 5.27. The van der Waals surface area contributed by atoms with Crippen molar-refractivity contribution in [3.8, 4) is 11.8 Å². The molecule has 0 saturated carbocycles. The lowest BCUT2D eigenvalue weighted by Crippen LogP contribution is -2.14. The standard InChI is InChI=1S/C25H20Cl2N2O2/c1-16-5-3-6-18(11-16)15-31-24-10-9-21(26)13-19(24)12-20(14-28)25(30)29-23-8-4-7-22(27)17(23)2/h3-13H,15H2,1-2H3,(H,29,30)/b20-12+. The number of rotatable bonds is 6. The number of nitrogens with zero attached hydrogens (tertiary/aromatic N) is 1. The van der Waals surface area contributed by atoms with Crippen molar-refractivity contribution in [2.75, 3.05) is 5.32 Å². The van der Waals surface area contributed by atoms with Crippen molar-refractivity contribution in [1.82, 2.24) is 0 Å². The highest BCUT2D eigenvalue weighted by molar-refractivity contribution is 6.32. The number of hydrogen-bond acceptors (Lipinski definition) is 3. The largest absolute Gasteiger partial charge is 0.488 e. The van der Waals surface area contributed by atoms with Gasteiger partial charge in [0.2, 0.25) is 0 Å².